The van der Waals surface area contributed by atoms with E-state index in [0.29, 0.717) is 5.02 Å². The minimum absolute atomic E-state index is 0.134. The number of pyridine rings is 1. The van der Waals surface area contributed by atoms with Gasteiger partial charge in [0.2, 0.25) is 10.0 Å². The van der Waals surface area contributed by atoms with Crippen molar-refractivity contribution in [2.45, 2.75) is 18.4 Å². The summed E-state index contributed by atoms with van der Waals surface area (Å²) in [6, 6.07) is 6.55. The molecule has 0 bridgehead atoms. The van der Waals surface area contributed by atoms with Crippen molar-refractivity contribution in [3.05, 3.63) is 65.2 Å². The highest BCUT2D eigenvalue weighted by atomic mass is 35.5. The summed E-state index contributed by atoms with van der Waals surface area (Å²) >= 11 is 6.02. The third-order valence-corrected chi connectivity index (χ3v) is 5.56. The lowest BCUT2D eigenvalue weighted by molar-refractivity contribution is 0.581. The van der Waals surface area contributed by atoms with Crippen LogP contribution in [0.15, 0.2) is 53.9 Å². The lowest BCUT2D eigenvalue weighted by atomic mass is 10.1. The first-order chi connectivity index (χ1) is 11.8. The van der Waals surface area contributed by atoms with Crippen molar-refractivity contribution in [1.82, 2.24) is 19.5 Å². The standard InChI is InChI=1S/C17H17ClN4O2S/c1-12-3-4-16(6-17(12)18)25(23,24)21-8-13-5-14(9-19-7-13)15-10-20-22(2)11-15/h3-7,9-11,21H,8H2,1-2H3. The molecule has 0 fully saturated rings. The minimum atomic E-state index is -3.65. The number of aromatic nitrogens is 3. The van der Waals surface area contributed by atoms with E-state index < -0.39 is 10.0 Å². The highest BCUT2D eigenvalue weighted by Gasteiger charge is 2.15. The number of halogens is 1. The van der Waals surface area contributed by atoms with Gasteiger partial charge in [0.1, 0.15) is 0 Å². The fraction of sp³-hybridized carbons (Fsp3) is 0.176. The van der Waals surface area contributed by atoms with E-state index in [0.717, 1.165) is 22.3 Å². The van der Waals surface area contributed by atoms with Gasteiger partial charge in [-0.2, -0.15) is 5.10 Å². The van der Waals surface area contributed by atoms with Crippen LogP contribution in [0, 0.1) is 6.92 Å². The molecule has 2 heterocycles. The Labute approximate surface area is 151 Å². The molecule has 0 saturated heterocycles. The van der Waals surface area contributed by atoms with E-state index >= 15 is 0 Å². The van der Waals surface area contributed by atoms with Crippen LogP contribution in [0.5, 0.6) is 0 Å². The molecule has 8 heteroatoms. The summed E-state index contributed by atoms with van der Waals surface area (Å²) in [6.07, 6.45) is 6.96. The van der Waals surface area contributed by atoms with Gasteiger partial charge in [-0.05, 0) is 36.2 Å². The van der Waals surface area contributed by atoms with Gasteiger partial charge in [0, 0.05) is 48.3 Å². The molecule has 0 saturated carbocycles. The van der Waals surface area contributed by atoms with Crippen LogP contribution in [0.3, 0.4) is 0 Å². The molecule has 1 aromatic carbocycles. The zero-order valence-electron chi connectivity index (χ0n) is 13.8. The van der Waals surface area contributed by atoms with Crippen LogP contribution in [0.25, 0.3) is 11.1 Å². The van der Waals surface area contributed by atoms with Crippen molar-refractivity contribution in [1.29, 1.82) is 0 Å². The molecule has 0 radical (unpaired) electrons. The monoisotopic (exact) mass is 376 g/mol. The summed E-state index contributed by atoms with van der Waals surface area (Å²) in [6.45, 7) is 1.96. The Morgan fingerprint density at radius 1 is 1.16 bits per heavy atom. The average Bonchev–Trinajstić information content (AvgIpc) is 3.02. The molecule has 0 spiro atoms. The van der Waals surface area contributed by atoms with E-state index in [9.17, 15) is 8.42 Å². The molecule has 0 unspecified atom stereocenters. The molecule has 0 amide bonds. The minimum Gasteiger partial charge on any atom is -0.275 e. The second-order valence-electron chi connectivity index (χ2n) is 5.72. The number of hydrogen-bond acceptors (Lipinski definition) is 4. The quantitative estimate of drug-likeness (QED) is 0.742. The van der Waals surface area contributed by atoms with Gasteiger partial charge in [0.25, 0.3) is 0 Å². The maximum Gasteiger partial charge on any atom is 0.240 e. The Bertz CT molecular complexity index is 1010. The first-order valence-electron chi connectivity index (χ1n) is 7.54. The van der Waals surface area contributed by atoms with Crippen LogP contribution >= 0.6 is 11.6 Å². The summed E-state index contributed by atoms with van der Waals surface area (Å²) in [7, 11) is -1.81. The molecule has 1 N–H and O–H groups in total. The number of rotatable bonds is 5. The second kappa shape index (κ2) is 6.95. The van der Waals surface area contributed by atoms with Crippen LogP contribution in [0.1, 0.15) is 11.1 Å². The fourth-order valence-corrected chi connectivity index (χ4v) is 3.60. The van der Waals surface area contributed by atoms with Gasteiger partial charge in [0.15, 0.2) is 0 Å². The predicted molar refractivity (Wildman–Crippen MR) is 96.7 cm³/mol. The normalized spacial score (nSPS) is 11.6. The number of sulfonamides is 1. The van der Waals surface area contributed by atoms with Crippen molar-refractivity contribution in [2.75, 3.05) is 0 Å². The topological polar surface area (TPSA) is 76.9 Å². The van der Waals surface area contributed by atoms with Crippen molar-refractivity contribution < 1.29 is 8.42 Å². The summed E-state index contributed by atoms with van der Waals surface area (Å²) < 4.78 is 29.1. The molecule has 0 aliphatic heterocycles. The number of aryl methyl sites for hydroxylation is 2. The third-order valence-electron chi connectivity index (χ3n) is 3.75. The van der Waals surface area contributed by atoms with Gasteiger partial charge in [-0.15, -0.1) is 0 Å². The smallest absolute Gasteiger partial charge is 0.240 e. The molecule has 25 heavy (non-hydrogen) atoms. The maximum atomic E-state index is 12.4. The first kappa shape index (κ1) is 17.6. The van der Waals surface area contributed by atoms with E-state index in [1.165, 1.54) is 12.1 Å². The van der Waals surface area contributed by atoms with Crippen LogP contribution in [0.2, 0.25) is 5.02 Å². The molecule has 0 aliphatic carbocycles. The Balaban J connectivity index is 1.78. The van der Waals surface area contributed by atoms with Crippen molar-refractivity contribution in [3.63, 3.8) is 0 Å². The van der Waals surface area contributed by atoms with Crippen LogP contribution < -0.4 is 4.72 Å². The van der Waals surface area contributed by atoms with E-state index in [1.807, 2.05) is 26.2 Å². The lowest BCUT2D eigenvalue weighted by Crippen LogP contribution is -2.23. The zero-order valence-corrected chi connectivity index (χ0v) is 15.3. The van der Waals surface area contributed by atoms with E-state index in [2.05, 4.69) is 14.8 Å². The Kier molecular flexibility index (Phi) is 4.89. The SMILES string of the molecule is Cc1ccc(S(=O)(=O)NCc2cncc(-c3cnn(C)c3)c2)cc1Cl. The predicted octanol–water partition coefficient (Wildman–Crippen LogP) is 2.92. The largest absolute Gasteiger partial charge is 0.275 e. The molecule has 3 rings (SSSR count). The lowest BCUT2D eigenvalue weighted by Gasteiger charge is -2.09. The van der Waals surface area contributed by atoms with E-state index in [-0.39, 0.29) is 11.4 Å². The number of nitrogens with one attached hydrogen (secondary N) is 1. The molecular formula is C17H17ClN4O2S. The molecule has 3 aromatic rings. The number of hydrogen-bond donors (Lipinski definition) is 1. The number of nitrogens with zero attached hydrogens (tertiary/aromatic N) is 3. The van der Waals surface area contributed by atoms with Gasteiger partial charge < -0.3 is 0 Å². The highest BCUT2D eigenvalue weighted by molar-refractivity contribution is 7.89. The molecule has 0 aliphatic rings. The Hall–Kier alpha value is -2.22. The second-order valence-corrected chi connectivity index (χ2v) is 7.89. The molecule has 0 atom stereocenters. The summed E-state index contributed by atoms with van der Waals surface area (Å²) in [5, 5.41) is 4.55. The summed E-state index contributed by atoms with van der Waals surface area (Å²) in [4.78, 5) is 4.31. The average molecular weight is 377 g/mol. The molecule has 130 valence electrons. The summed E-state index contributed by atoms with van der Waals surface area (Å²) in [5.74, 6) is 0. The van der Waals surface area contributed by atoms with Crippen molar-refractivity contribution in [3.8, 4) is 11.1 Å². The van der Waals surface area contributed by atoms with Crippen LogP contribution in [0.4, 0.5) is 0 Å². The number of benzene rings is 1. The van der Waals surface area contributed by atoms with Gasteiger partial charge in [-0.3, -0.25) is 9.67 Å². The summed E-state index contributed by atoms with van der Waals surface area (Å²) in [5.41, 5.74) is 3.38. The maximum absolute atomic E-state index is 12.4. The first-order valence-corrected chi connectivity index (χ1v) is 9.40. The van der Waals surface area contributed by atoms with Gasteiger partial charge in [0.05, 0.1) is 11.1 Å². The third kappa shape index (κ3) is 4.07. The van der Waals surface area contributed by atoms with Crippen molar-refractivity contribution in [2.24, 2.45) is 7.05 Å². The van der Waals surface area contributed by atoms with Crippen LogP contribution in [-0.4, -0.2) is 23.2 Å². The Morgan fingerprint density at radius 2 is 1.96 bits per heavy atom. The fourth-order valence-electron chi connectivity index (χ4n) is 2.31. The van der Waals surface area contributed by atoms with E-state index in [1.54, 1.807) is 29.3 Å². The van der Waals surface area contributed by atoms with Crippen molar-refractivity contribution >= 4 is 21.6 Å². The van der Waals surface area contributed by atoms with E-state index in [4.69, 9.17) is 11.6 Å². The zero-order chi connectivity index (χ0) is 18.0. The van der Waals surface area contributed by atoms with Crippen LogP contribution in [-0.2, 0) is 23.6 Å². The van der Waals surface area contributed by atoms with Gasteiger partial charge >= 0.3 is 0 Å². The Morgan fingerprint density at radius 3 is 2.64 bits per heavy atom. The molecular weight excluding hydrogens is 360 g/mol. The van der Waals surface area contributed by atoms with Gasteiger partial charge in [-0.25, -0.2) is 13.1 Å². The molecule has 6 nitrogen and oxygen atoms in total. The highest BCUT2D eigenvalue weighted by Crippen LogP contribution is 2.21. The van der Waals surface area contributed by atoms with Gasteiger partial charge in [-0.1, -0.05) is 17.7 Å². The molecule has 2 aromatic heterocycles.